The maximum absolute atomic E-state index is 12.8. The highest BCUT2D eigenvalue weighted by atomic mass is 79.9. The maximum atomic E-state index is 12.8. The Balaban J connectivity index is 1.88. The van der Waals surface area contributed by atoms with Crippen molar-refractivity contribution >= 4 is 39.2 Å². The van der Waals surface area contributed by atoms with Crippen molar-refractivity contribution in [2.24, 2.45) is 7.05 Å². The Kier molecular flexibility index (Phi) is 7.31. The zero-order valence-electron chi connectivity index (χ0n) is 17.6. The van der Waals surface area contributed by atoms with Crippen LogP contribution in [0, 0.1) is 0 Å². The van der Waals surface area contributed by atoms with Crippen LogP contribution in [0.25, 0.3) is 23.3 Å². The normalized spacial score (nSPS) is 11.6. The monoisotopic (exact) mass is 474 g/mol. The number of hydrogen-bond donors (Lipinski definition) is 0. The number of fused-ring (bicyclic) bond motifs is 1. The molecule has 0 unspecified atom stereocenters. The van der Waals surface area contributed by atoms with E-state index in [1.807, 2.05) is 43.3 Å². The summed E-state index contributed by atoms with van der Waals surface area (Å²) in [4.78, 5) is 29.9. The van der Waals surface area contributed by atoms with E-state index >= 15 is 0 Å². The Morgan fingerprint density at radius 1 is 1.03 bits per heavy atom. The average Bonchev–Trinajstić information content (AvgIpc) is 3.07. The zero-order valence-corrected chi connectivity index (χ0v) is 19.2. The van der Waals surface area contributed by atoms with E-state index in [1.54, 1.807) is 23.1 Å². The van der Waals surface area contributed by atoms with E-state index in [4.69, 9.17) is 4.74 Å². The summed E-state index contributed by atoms with van der Waals surface area (Å²) in [5, 5.41) is 0.989. The lowest BCUT2D eigenvalue weighted by molar-refractivity contribution is 0.310. The molecule has 0 fully saturated rings. The fourth-order valence-electron chi connectivity index (χ4n) is 3.32. The molecule has 0 aliphatic rings. The number of aromatic nitrogens is 4. The minimum Gasteiger partial charge on any atom is -0.494 e. The van der Waals surface area contributed by atoms with E-state index in [-0.39, 0.29) is 11.2 Å². The van der Waals surface area contributed by atoms with Gasteiger partial charge in [0, 0.05) is 25.5 Å². The number of nitrogens with zero attached hydrogens (tertiary/aromatic N) is 4. The fourth-order valence-corrected chi connectivity index (χ4v) is 3.72. The molecule has 0 bridgehead atoms. The number of benzene rings is 1. The molecule has 30 heavy (non-hydrogen) atoms. The topological polar surface area (TPSA) is 71.1 Å². The molecule has 1 aromatic carbocycles. The lowest BCUT2D eigenvalue weighted by atomic mass is 10.2. The molecule has 2 heterocycles. The molecule has 0 amide bonds. The molecule has 8 heteroatoms. The number of halogens is 1. The van der Waals surface area contributed by atoms with Gasteiger partial charge in [-0.1, -0.05) is 34.1 Å². The van der Waals surface area contributed by atoms with Crippen LogP contribution in [0.2, 0.25) is 0 Å². The third-order valence-electron chi connectivity index (χ3n) is 5.01. The molecule has 0 aliphatic heterocycles. The zero-order chi connectivity index (χ0) is 21.7. The minimum atomic E-state index is -0.321. The molecule has 0 N–H and O–H groups in total. The molecule has 3 aromatic rings. The number of hydrogen-bond acceptors (Lipinski definition) is 4. The van der Waals surface area contributed by atoms with Crippen molar-refractivity contribution in [2.45, 2.75) is 39.8 Å². The molecule has 0 atom stereocenters. The first-order valence-corrected chi connectivity index (χ1v) is 11.3. The van der Waals surface area contributed by atoms with Crippen molar-refractivity contribution in [3.8, 4) is 5.75 Å². The van der Waals surface area contributed by atoms with Gasteiger partial charge in [-0.3, -0.25) is 13.9 Å². The Hall–Kier alpha value is -2.61. The van der Waals surface area contributed by atoms with E-state index in [0.717, 1.165) is 29.5 Å². The third kappa shape index (κ3) is 4.43. The van der Waals surface area contributed by atoms with Crippen LogP contribution >= 0.6 is 15.9 Å². The standard InChI is InChI=1S/C22H27BrN4O3/c1-4-26-20-19(21(28)27(5-2)22(26)29)25(3)18(24-20)13-10-16-8-11-17(12-9-16)30-15-7-6-14-23/h8-13H,4-7,14-15H2,1-3H3. The molecule has 3 rings (SSSR count). The van der Waals surface area contributed by atoms with Gasteiger partial charge in [0.25, 0.3) is 5.56 Å². The summed E-state index contributed by atoms with van der Waals surface area (Å²) < 4.78 is 10.3. The van der Waals surface area contributed by atoms with Crippen LogP contribution in [0.1, 0.15) is 38.1 Å². The Bertz CT molecular complexity index is 1160. The van der Waals surface area contributed by atoms with E-state index in [1.165, 1.54) is 4.57 Å². The maximum Gasteiger partial charge on any atom is 0.332 e. The summed E-state index contributed by atoms with van der Waals surface area (Å²) in [6, 6.07) is 7.84. The van der Waals surface area contributed by atoms with E-state index in [9.17, 15) is 9.59 Å². The number of rotatable bonds is 9. The third-order valence-corrected chi connectivity index (χ3v) is 5.57. The van der Waals surface area contributed by atoms with Gasteiger partial charge in [0.2, 0.25) is 0 Å². The van der Waals surface area contributed by atoms with Crippen molar-refractivity contribution in [3.63, 3.8) is 0 Å². The summed E-state index contributed by atoms with van der Waals surface area (Å²) in [5.74, 6) is 1.46. The smallest absolute Gasteiger partial charge is 0.332 e. The van der Waals surface area contributed by atoms with Crippen molar-refractivity contribution in [1.29, 1.82) is 0 Å². The first-order chi connectivity index (χ1) is 14.5. The molecular formula is C22H27BrN4O3. The molecule has 7 nitrogen and oxygen atoms in total. The second-order valence-corrected chi connectivity index (χ2v) is 7.72. The first kappa shape index (κ1) is 22.1. The van der Waals surface area contributed by atoms with E-state index < -0.39 is 0 Å². The number of aryl methyl sites for hydroxylation is 2. The summed E-state index contributed by atoms with van der Waals surface area (Å²) in [6.07, 6.45) is 5.89. The van der Waals surface area contributed by atoms with Gasteiger partial charge in [-0.25, -0.2) is 9.78 Å². The van der Waals surface area contributed by atoms with Crippen LogP contribution < -0.4 is 16.0 Å². The highest BCUT2D eigenvalue weighted by molar-refractivity contribution is 9.09. The highest BCUT2D eigenvalue weighted by Gasteiger charge is 2.17. The number of imidazole rings is 1. The molecule has 0 saturated heterocycles. The van der Waals surface area contributed by atoms with Gasteiger partial charge in [-0.15, -0.1) is 0 Å². The molecule has 0 aliphatic carbocycles. The largest absolute Gasteiger partial charge is 0.494 e. The second-order valence-electron chi connectivity index (χ2n) is 6.92. The van der Waals surface area contributed by atoms with Crippen LogP contribution in [0.15, 0.2) is 33.9 Å². The van der Waals surface area contributed by atoms with Crippen molar-refractivity contribution < 1.29 is 4.74 Å². The SMILES string of the molecule is CCn1c(=O)c2c(nc(C=Cc3ccc(OCCCCBr)cc3)n2C)n(CC)c1=O. The van der Waals surface area contributed by atoms with Gasteiger partial charge in [0.15, 0.2) is 11.2 Å². The highest BCUT2D eigenvalue weighted by Crippen LogP contribution is 2.16. The quantitative estimate of drug-likeness (QED) is 0.350. The summed E-state index contributed by atoms with van der Waals surface area (Å²) in [6.45, 7) is 5.15. The van der Waals surface area contributed by atoms with Gasteiger partial charge in [0.05, 0.1) is 6.61 Å². The van der Waals surface area contributed by atoms with E-state index in [0.29, 0.717) is 36.7 Å². The Labute approximate surface area is 183 Å². The van der Waals surface area contributed by atoms with Gasteiger partial charge in [-0.05, 0) is 50.5 Å². The van der Waals surface area contributed by atoms with Gasteiger partial charge in [0.1, 0.15) is 11.6 Å². The van der Waals surface area contributed by atoms with Gasteiger partial charge < -0.3 is 9.30 Å². The lowest BCUT2D eigenvalue weighted by Crippen LogP contribution is -2.39. The second kappa shape index (κ2) is 9.93. The minimum absolute atomic E-state index is 0.307. The van der Waals surface area contributed by atoms with Gasteiger partial charge in [-0.2, -0.15) is 0 Å². The Morgan fingerprint density at radius 2 is 1.73 bits per heavy atom. The van der Waals surface area contributed by atoms with Crippen molar-refractivity contribution in [3.05, 3.63) is 56.5 Å². The summed E-state index contributed by atoms with van der Waals surface area (Å²) >= 11 is 3.42. The molecular weight excluding hydrogens is 448 g/mol. The molecule has 0 saturated carbocycles. The predicted molar refractivity (Wildman–Crippen MR) is 124 cm³/mol. The number of unbranched alkanes of at least 4 members (excludes halogenated alkanes) is 1. The molecule has 2 aromatic heterocycles. The lowest BCUT2D eigenvalue weighted by Gasteiger charge is -2.08. The summed E-state index contributed by atoms with van der Waals surface area (Å²) in [7, 11) is 1.80. The van der Waals surface area contributed by atoms with E-state index in [2.05, 4.69) is 20.9 Å². The van der Waals surface area contributed by atoms with Crippen LogP contribution in [0.3, 0.4) is 0 Å². The first-order valence-electron chi connectivity index (χ1n) is 10.2. The molecule has 0 radical (unpaired) electrons. The van der Waals surface area contributed by atoms with Crippen molar-refractivity contribution in [1.82, 2.24) is 18.7 Å². The molecule has 160 valence electrons. The summed E-state index contributed by atoms with van der Waals surface area (Å²) in [5.41, 5.74) is 1.22. The van der Waals surface area contributed by atoms with Crippen LogP contribution in [-0.4, -0.2) is 30.6 Å². The predicted octanol–water partition coefficient (Wildman–Crippen LogP) is 3.66. The average molecular weight is 475 g/mol. The van der Waals surface area contributed by atoms with Crippen LogP contribution in [0.4, 0.5) is 0 Å². The van der Waals surface area contributed by atoms with Crippen LogP contribution in [0.5, 0.6) is 5.75 Å². The number of alkyl halides is 1. The van der Waals surface area contributed by atoms with Crippen LogP contribution in [-0.2, 0) is 20.1 Å². The fraction of sp³-hybridized carbons (Fsp3) is 0.409. The Morgan fingerprint density at radius 3 is 2.37 bits per heavy atom. The van der Waals surface area contributed by atoms with Crippen molar-refractivity contribution in [2.75, 3.05) is 11.9 Å². The molecule has 0 spiro atoms. The van der Waals surface area contributed by atoms with Gasteiger partial charge >= 0.3 is 5.69 Å². The number of ether oxygens (including phenoxy) is 1.